The maximum absolute atomic E-state index is 12.5. The predicted molar refractivity (Wildman–Crippen MR) is 116 cm³/mol. The number of hydrogen-bond donors (Lipinski definition) is 1. The molecule has 0 aliphatic rings. The summed E-state index contributed by atoms with van der Waals surface area (Å²) in [4.78, 5) is 12.5. The van der Waals surface area contributed by atoms with Gasteiger partial charge in [0.05, 0.1) is 18.1 Å². The molecule has 0 saturated carbocycles. The van der Waals surface area contributed by atoms with Gasteiger partial charge < -0.3 is 14.8 Å². The van der Waals surface area contributed by atoms with Gasteiger partial charge in [0.1, 0.15) is 11.5 Å². The number of rotatable bonds is 9. The molecule has 4 aromatic rings. The smallest absolute Gasteiger partial charge is 0.276 e. The van der Waals surface area contributed by atoms with Gasteiger partial charge in [-0.05, 0) is 42.3 Å². The number of nitrogens with one attached hydrogen (secondary N) is 1. The highest BCUT2D eigenvalue weighted by molar-refractivity contribution is 6.02. The average Bonchev–Trinajstić information content (AvgIpc) is 3.47. The minimum atomic E-state index is -0.325. The molecule has 0 saturated heterocycles. The molecule has 158 valence electrons. The second-order valence-corrected chi connectivity index (χ2v) is 6.82. The first-order valence-corrected chi connectivity index (χ1v) is 9.96. The lowest BCUT2D eigenvalue weighted by atomic mass is 10.2. The predicted octanol–water partition coefficient (Wildman–Crippen LogP) is 3.97. The van der Waals surface area contributed by atoms with Crippen LogP contribution in [-0.4, -0.2) is 25.5 Å². The average molecular weight is 417 g/mol. The number of carbonyl (C=O) groups is 1. The first-order chi connectivity index (χ1) is 15.2. The lowest BCUT2D eigenvalue weighted by molar-refractivity contribution is 0.102. The maximum atomic E-state index is 12.5. The molecular formula is C23H23N5O3. The number of aryl methyl sites for hydroxylation is 1. The van der Waals surface area contributed by atoms with Crippen molar-refractivity contribution in [3.05, 3.63) is 90.5 Å². The molecule has 2 aromatic heterocycles. The van der Waals surface area contributed by atoms with Crippen molar-refractivity contribution in [1.82, 2.24) is 19.6 Å². The van der Waals surface area contributed by atoms with Gasteiger partial charge in [-0.1, -0.05) is 37.3 Å². The third kappa shape index (κ3) is 5.51. The summed E-state index contributed by atoms with van der Waals surface area (Å²) in [6, 6.07) is 19.0. The van der Waals surface area contributed by atoms with Crippen LogP contribution in [0.4, 0.5) is 5.69 Å². The van der Waals surface area contributed by atoms with Crippen LogP contribution in [0.15, 0.2) is 79.3 Å². The molecular weight excluding hydrogens is 394 g/mol. The Bertz CT molecular complexity index is 1120. The molecule has 0 fully saturated rings. The van der Waals surface area contributed by atoms with E-state index in [0.717, 1.165) is 17.9 Å². The van der Waals surface area contributed by atoms with E-state index in [1.807, 2.05) is 54.6 Å². The molecule has 0 radical (unpaired) electrons. The van der Waals surface area contributed by atoms with Crippen LogP contribution in [0.3, 0.4) is 0 Å². The van der Waals surface area contributed by atoms with Crippen molar-refractivity contribution in [1.29, 1.82) is 0 Å². The van der Waals surface area contributed by atoms with Crippen molar-refractivity contribution in [2.75, 3.05) is 5.32 Å². The molecule has 0 bridgehead atoms. The van der Waals surface area contributed by atoms with E-state index in [0.29, 0.717) is 5.69 Å². The molecule has 1 N–H and O–H groups in total. The van der Waals surface area contributed by atoms with Gasteiger partial charge in [0.15, 0.2) is 19.2 Å². The van der Waals surface area contributed by atoms with Crippen LogP contribution in [0.1, 0.15) is 23.0 Å². The minimum absolute atomic E-state index is 0.214. The Morgan fingerprint density at radius 2 is 1.65 bits per heavy atom. The third-order valence-electron chi connectivity index (χ3n) is 4.57. The van der Waals surface area contributed by atoms with Crippen LogP contribution in [0.2, 0.25) is 0 Å². The summed E-state index contributed by atoms with van der Waals surface area (Å²) in [5, 5.41) is 11.2. The standard InChI is InChI=1S/C23H23N5O3/c1-2-18-8-10-21(11-9-18)31-17-28-15-19(14-24-28)25-23(29)22-12-13-27(26-22)16-30-20-6-4-3-5-7-20/h3-15H,2,16-17H2,1H3,(H,25,29). The summed E-state index contributed by atoms with van der Waals surface area (Å²) in [5.74, 6) is 1.18. The normalized spacial score (nSPS) is 10.6. The summed E-state index contributed by atoms with van der Waals surface area (Å²) in [7, 11) is 0. The van der Waals surface area contributed by atoms with Gasteiger partial charge in [0.2, 0.25) is 0 Å². The van der Waals surface area contributed by atoms with Crippen molar-refractivity contribution in [3.63, 3.8) is 0 Å². The number of nitrogens with zero attached hydrogens (tertiary/aromatic N) is 4. The molecule has 0 atom stereocenters. The zero-order valence-corrected chi connectivity index (χ0v) is 17.1. The summed E-state index contributed by atoms with van der Waals surface area (Å²) in [5.41, 5.74) is 2.10. The molecule has 2 heterocycles. The largest absolute Gasteiger partial charge is 0.471 e. The fourth-order valence-electron chi connectivity index (χ4n) is 2.87. The second-order valence-electron chi connectivity index (χ2n) is 6.82. The molecule has 2 aromatic carbocycles. The van der Waals surface area contributed by atoms with Gasteiger partial charge in [0.25, 0.3) is 5.91 Å². The second kappa shape index (κ2) is 9.62. The summed E-state index contributed by atoms with van der Waals surface area (Å²) >= 11 is 0. The van der Waals surface area contributed by atoms with Crippen molar-refractivity contribution < 1.29 is 14.3 Å². The number of anilines is 1. The number of amides is 1. The van der Waals surface area contributed by atoms with Crippen LogP contribution >= 0.6 is 0 Å². The van der Waals surface area contributed by atoms with E-state index in [-0.39, 0.29) is 25.1 Å². The lowest BCUT2D eigenvalue weighted by Crippen LogP contribution is -2.14. The lowest BCUT2D eigenvalue weighted by Gasteiger charge is -2.06. The Hall–Kier alpha value is -4.07. The van der Waals surface area contributed by atoms with E-state index < -0.39 is 0 Å². The minimum Gasteiger partial charge on any atom is -0.471 e. The molecule has 4 rings (SSSR count). The van der Waals surface area contributed by atoms with Crippen molar-refractivity contribution in [2.45, 2.75) is 26.8 Å². The highest BCUT2D eigenvalue weighted by atomic mass is 16.5. The Morgan fingerprint density at radius 1 is 0.935 bits per heavy atom. The highest BCUT2D eigenvalue weighted by Gasteiger charge is 2.11. The Morgan fingerprint density at radius 3 is 2.39 bits per heavy atom. The van der Waals surface area contributed by atoms with Gasteiger partial charge >= 0.3 is 0 Å². The molecule has 0 aliphatic carbocycles. The number of aromatic nitrogens is 4. The maximum Gasteiger partial charge on any atom is 0.276 e. The van der Waals surface area contributed by atoms with E-state index in [9.17, 15) is 4.79 Å². The molecule has 0 spiro atoms. The summed E-state index contributed by atoms with van der Waals surface area (Å²) in [6.07, 6.45) is 5.95. The van der Waals surface area contributed by atoms with Crippen LogP contribution in [0.5, 0.6) is 11.5 Å². The summed E-state index contributed by atoms with van der Waals surface area (Å²) in [6.45, 7) is 2.57. The first kappa shape index (κ1) is 20.2. The number of carbonyl (C=O) groups excluding carboxylic acids is 1. The Balaban J connectivity index is 1.28. The molecule has 1 amide bonds. The molecule has 8 nitrogen and oxygen atoms in total. The van der Waals surface area contributed by atoms with E-state index in [2.05, 4.69) is 22.4 Å². The van der Waals surface area contributed by atoms with Gasteiger partial charge in [-0.3, -0.25) is 4.79 Å². The zero-order valence-electron chi connectivity index (χ0n) is 17.1. The number of benzene rings is 2. The van der Waals surface area contributed by atoms with Crippen molar-refractivity contribution in [2.24, 2.45) is 0 Å². The van der Waals surface area contributed by atoms with E-state index in [1.54, 1.807) is 34.0 Å². The highest BCUT2D eigenvalue weighted by Crippen LogP contribution is 2.14. The fraction of sp³-hybridized carbons (Fsp3) is 0.174. The van der Waals surface area contributed by atoms with E-state index in [4.69, 9.17) is 9.47 Å². The monoisotopic (exact) mass is 417 g/mol. The van der Waals surface area contributed by atoms with Crippen LogP contribution in [-0.2, 0) is 19.9 Å². The fourth-order valence-corrected chi connectivity index (χ4v) is 2.87. The Kier molecular flexibility index (Phi) is 6.27. The van der Waals surface area contributed by atoms with Crippen molar-refractivity contribution >= 4 is 11.6 Å². The Labute approximate surface area is 180 Å². The van der Waals surface area contributed by atoms with E-state index >= 15 is 0 Å². The molecule has 0 aliphatic heterocycles. The van der Waals surface area contributed by atoms with Gasteiger partial charge in [-0.15, -0.1) is 0 Å². The number of ether oxygens (including phenoxy) is 2. The zero-order chi connectivity index (χ0) is 21.5. The van der Waals surface area contributed by atoms with Crippen LogP contribution in [0, 0.1) is 0 Å². The van der Waals surface area contributed by atoms with Gasteiger partial charge in [-0.2, -0.15) is 10.2 Å². The van der Waals surface area contributed by atoms with Crippen LogP contribution in [0.25, 0.3) is 0 Å². The van der Waals surface area contributed by atoms with Gasteiger partial charge in [0, 0.05) is 6.20 Å². The molecule has 0 unspecified atom stereocenters. The number of para-hydroxylation sites is 1. The summed E-state index contributed by atoms with van der Waals surface area (Å²) < 4.78 is 14.5. The quantitative estimate of drug-likeness (QED) is 0.446. The number of hydrogen-bond acceptors (Lipinski definition) is 5. The first-order valence-electron chi connectivity index (χ1n) is 9.96. The van der Waals surface area contributed by atoms with E-state index in [1.165, 1.54) is 5.56 Å². The van der Waals surface area contributed by atoms with Crippen molar-refractivity contribution in [3.8, 4) is 11.5 Å². The molecule has 8 heteroatoms. The van der Waals surface area contributed by atoms with Crippen LogP contribution < -0.4 is 14.8 Å². The SMILES string of the molecule is CCc1ccc(OCn2cc(NC(=O)c3ccn(COc4ccccc4)n3)cn2)cc1. The van der Waals surface area contributed by atoms with Gasteiger partial charge in [-0.25, -0.2) is 9.36 Å². The molecule has 31 heavy (non-hydrogen) atoms. The topological polar surface area (TPSA) is 83.2 Å². The third-order valence-corrected chi connectivity index (χ3v) is 4.57.